The Morgan fingerprint density at radius 2 is 1.37 bits per heavy atom. The van der Waals surface area contributed by atoms with Crippen LogP contribution in [0.4, 0.5) is 32.0 Å². The van der Waals surface area contributed by atoms with Gasteiger partial charge >= 0.3 is 12.4 Å². The second kappa shape index (κ2) is 7.61. The van der Waals surface area contributed by atoms with Crippen LogP contribution < -0.4 is 4.31 Å². The van der Waals surface area contributed by atoms with E-state index in [1.54, 1.807) is 13.8 Å². The molecule has 12 heteroatoms. The molecule has 166 valence electrons. The van der Waals surface area contributed by atoms with Gasteiger partial charge < -0.3 is 5.11 Å². The van der Waals surface area contributed by atoms with Crippen molar-refractivity contribution in [3.63, 3.8) is 0 Å². The molecule has 0 amide bonds. The monoisotopic (exact) mass is 475 g/mol. The van der Waals surface area contributed by atoms with Crippen molar-refractivity contribution in [2.75, 3.05) is 11.4 Å². The number of alkyl halides is 6. The zero-order chi connectivity index (χ0) is 23.3. The first-order valence-electron chi connectivity index (χ1n) is 8.17. The molecule has 2 aromatic carbocycles. The van der Waals surface area contributed by atoms with Crippen molar-refractivity contribution >= 4 is 27.3 Å². The summed E-state index contributed by atoms with van der Waals surface area (Å²) in [4.78, 5) is -0.277. The van der Waals surface area contributed by atoms with Gasteiger partial charge in [-0.05, 0) is 43.2 Å². The number of nitrogens with zero attached hydrogens (tertiary/aromatic N) is 1. The summed E-state index contributed by atoms with van der Waals surface area (Å²) >= 11 is 6.11. The second-order valence-electron chi connectivity index (χ2n) is 6.54. The normalized spacial score (nSPS) is 13.4. The predicted octanol–water partition coefficient (Wildman–Crippen LogP) is 5.09. The van der Waals surface area contributed by atoms with E-state index in [2.05, 4.69) is 0 Å². The maximum absolute atomic E-state index is 13.0. The van der Waals surface area contributed by atoms with Crippen molar-refractivity contribution in [3.05, 3.63) is 58.1 Å². The van der Waals surface area contributed by atoms with Gasteiger partial charge in [0.2, 0.25) is 0 Å². The average Bonchev–Trinajstić information content (AvgIpc) is 2.63. The Kier molecular flexibility index (Phi) is 6.16. The van der Waals surface area contributed by atoms with Crippen LogP contribution in [0.1, 0.15) is 16.7 Å². The Bertz CT molecular complexity index is 1040. The summed E-state index contributed by atoms with van der Waals surface area (Å²) in [6, 6.07) is 4.94. The quantitative estimate of drug-likeness (QED) is 0.626. The first kappa shape index (κ1) is 24.3. The highest BCUT2D eigenvalue weighted by atomic mass is 35.5. The molecule has 0 aromatic heterocycles. The van der Waals surface area contributed by atoms with Crippen molar-refractivity contribution < 1.29 is 39.9 Å². The maximum atomic E-state index is 13.0. The zero-order valence-corrected chi connectivity index (χ0v) is 17.3. The number of anilines is 1. The van der Waals surface area contributed by atoms with Gasteiger partial charge in [0.25, 0.3) is 15.6 Å². The minimum absolute atomic E-state index is 0.0537. The highest BCUT2D eigenvalue weighted by Crippen LogP contribution is 2.50. The molecule has 0 unspecified atom stereocenters. The molecule has 0 aliphatic rings. The van der Waals surface area contributed by atoms with E-state index in [0.717, 1.165) is 24.7 Å². The van der Waals surface area contributed by atoms with Crippen molar-refractivity contribution in [2.45, 2.75) is 36.7 Å². The van der Waals surface area contributed by atoms with Gasteiger partial charge in [0, 0.05) is 12.6 Å². The lowest BCUT2D eigenvalue weighted by Crippen LogP contribution is -2.53. The Morgan fingerprint density at radius 3 is 1.80 bits per heavy atom. The molecule has 0 bridgehead atoms. The smallest absolute Gasteiger partial charge is 0.369 e. The van der Waals surface area contributed by atoms with Crippen LogP contribution in [-0.2, 0) is 15.6 Å². The fraction of sp³-hybridized carbons (Fsp3) is 0.333. The van der Waals surface area contributed by atoms with Crippen LogP contribution in [0.15, 0.2) is 41.3 Å². The molecule has 0 radical (unpaired) electrons. The molecule has 0 spiro atoms. The molecule has 2 rings (SSSR count). The summed E-state index contributed by atoms with van der Waals surface area (Å²) < 4.78 is 104. The second-order valence-corrected chi connectivity index (χ2v) is 8.86. The van der Waals surface area contributed by atoms with Gasteiger partial charge in [-0.2, -0.15) is 26.3 Å². The summed E-state index contributed by atoms with van der Waals surface area (Å²) in [7, 11) is -3.21. The lowest BCUT2D eigenvalue weighted by molar-refractivity contribution is -0.376. The maximum Gasteiger partial charge on any atom is 0.430 e. The summed E-state index contributed by atoms with van der Waals surface area (Å²) in [5.74, 6) is 0. The van der Waals surface area contributed by atoms with E-state index >= 15 is 0 Å². The van der Waals surface area contributed by atoms with E-state index in [1.165, 1.54) is 12.1 Å². The lowest BCUT2D eigenvalue weighted by atomic mass is 9.92. The molecule has 30 heavy (non-hydrogen) atoms. The first-order chi connectivity index (χ1) is 13.5. The topological polar surface area (TPSA) is 57.6 Å². The van der Waals surface area contributed by atoms with Crippen LogP contribution >= 0.6 is 11.6 Å². The molecule has 0 saturated heterocycles. The summed E-state index contributed by atoms with van der Waals surface area (Å²) in [5, 5.41) is 9.36. The Morgan fingerprint density at radius 1 is 0.900 bits per heavy atom. The number of aryl methyl sites for hydroxylation is 1. The molecule has 0 atom stereocenters. The number of sulfonamides is 1. The molecule has 1 N–H and O–H groups in total. The van der Waals surface area contributed by atoms with Crippen molar-refractivity contribution in [1.29, 1.82) is 0 Å². The van der Waals surface area contributed by atoms with E-state index in [4.69, 9.17) is 11.6 Å². The van der Waals surface area contributed by atoms with E-state index in [9.17, 15) is 39.9 Å². The molecule has 0 saturated carbocycles. The largest absolute Gasteiger partial charge is 0.430 e. The van der Waals surface area contributed by atoms with Gasteiger partial charge in [-0.1, -0.05) is 29.8 Å². The SMILES string of the molecule is Cc1ccc(S(=O)(=O)N(C)c2ccc(C(O)(C(F)(F)F)C(F)(F)F)cc2)c(Cl)c1C. The molecule has 4 nitrogen and oxygen atoms in total. The standard InChI is InChI=1S/C18H16ClF6NO3S/c1-10-4-9-14(15(19)11(10)2)30(28,29)26(3)13-7-5-12(6-8-13)16(27,17(20,21)22)18(23,24)25/h4-9,27H,1-3H3. The third-order valence-corrected chi connectivity index (χ3v) is 7.16. The number of rotatable bonds is 4. The van der Waals surface area contributed by atoms with Gasteiger partial charge in [0.1, 0.15) is 4.90 Å². The average molecular weight is 476 g/mol. The molecular formula is C18H16ClF6NO3S. The number of halogens is 7. The summed E-state index contributed by atoms with van der Waals surface area (Å²) in [6.45, 7) is 3.31. The predicted molar refractivity (Wildman–Crippen MR) is 99.0 cm³/mol. The summed E-state index contributed by atoms with van der Waals surface area (Å²) in [5.41, 5.74) is -5.61. The molecular weight excluding hydrogens is 460 g/mol. The molecule has 0 aliphatic carbocycles. The van der Waals surface area contributed by atoms with Gasteiger partial charge in [0.15, 0.2) is 0 Å². The van der Waals surface area contributed by atoms with Gasteiger partial charge in [-0.15, -0.1) is 0 Å². The van der Waals surface area contributed by atoms with Crippen LogP contribution in [0, 0.1) is 13.8 Å². The number of benzene rings is 2. The molecule has 0 heterocycles. The van der Waals surface area contributed by atoms with E-state index in [-0.39, 0.29) is 15.6 Å². The Balaban J connectivity index is 2.51. The Labute approximate surface area is 173 Å². The first-order valence-corrected chi connectivity index (χ1v) is 9.99. The molecule has 2 aromatic rings. The van der Waals surface area contributed by atoms with E-state index in [0.29, 0.717) is 22.0 Å². The van der Waals surface area contributed by atoms with Crippen molar-refractivity contribution in [1.82, 2.24) is 0 Å². The van der Waals surface area contributed by atoms with Crippen molar-refractivity contribution in [3.8, 4) is 0 Å². The zero-order valence-electron chi connectivity index (χ0n) is 15.7. The lowest BCUT2D eigenvalue weighted by Gasteiger charge is -2.33. The molecule has 0 fully saturated rings. The van der Waals surface area contributed by atoms with Gasteiger partial charge in [-0.3, -0.25) is 4.31 Å². The highest BCUT2D eigenvalue weighted by molar-refractivity contribution is 7.93. The van der Waals surface area contributed by atoms with Crippen LogP contribution in [0.25, 0.3) is 0 Å². The fourth-order valence-electron chi connectivity index (χ4n) is 2.64. The minimum Gasteiger partial charge on any atom is -0.369 e. The minimum atomic E-state index is -6.04. The third-order valence-electron chi connectivity index (χ3n) is 4.73. The summed E-state index contributed by atoms with van der Waals surface area (Å²) in [6.07, 6.45) is -12.1. The van der Waals surface area contributed by atoms with Crippen LogP contribution in [0.3, 0.4) is 0 Å². The molecule has 0 aliphatic heterocycles. The van der Waals surface area contributed by atoms with Crippen LogP contribution in [-0.4, -0.2) is 32.9 Å². The van der Waals surface area contributed by atoms with Crippen LogP contribution in [0.2, 0.25) is 5.02 Å². The van der Waals surface area contributed by atoms with Crippen LogP contribution in [0.5, 0.6) is 0 Å². The number of aliphatic hydroxyl groups is 1. The number of hydrogen-bond donors (Lipinski definition) is 1. The van der Waals surface area contributed by atoms with Gasteiger partial charge in [0.05, 0.1) is 10.7 Å². The Hall–Kier alpha value is -1.98. The third kappa shape index (κ3) is 3.85. The fourth-order valence-corrected chi connectivity index (χ4v) is 4.46. The van der Waals surface area contributed by atoms with E-state index in [1.807, 2.05) is 0 Å². The van der Waals surface area contributed by atoms with Gasteiger partial charge in [-0.25, -0.2) is 8.42 Å². The highest BCUT2D eigenvalue weighted by Gasteiger charge is 2.71. The number of hydrogen-bond acceptors (Lipinski definition) is 3. The van der Waals surface area contributed by atoms with Crippen molar-refractivity contribution in [2.24, 2.45) is 0 Å². The van der Waals surface area contributed by atoms with E-state index < -0.39 is 33.5 Å².